The van der Waals surface area contributed by atoms with E-state index in [-0.39, 0.29) is 17.0 Å². The molecule has 0 aliphatic heterocycles. The van der Waals surface area contributed by atoms with Crippen LogP contribution in [0.5, 0.6) is 0 Å². The largest absolute Gasteiger partial charge is 0.491 e. The Morgan fingerprint density at radius 2 is 1.95 bits per heavy atom. The van der Waals surface area contributed by atoms with Crippen molar-refractivity contribution in [2.75, 3.05) is 0 Å². The van der Waals surface area contributed by atoms with Gasteiger partial charge in [-0.15, -0.1) is 0 Å². The number of carbonyl (C=O) groups is 1. The van der Waals surface area contributed by atoms with Crippen LogP contribution in [0.1, 0.15) is 10.5 Å². The Balaban J connectivity index is 2.61. The van der Waals surface area contributed by atoms with Gasteiger partial charge in [-0.3, -0.25) is 4.79 Å². The normalized spacial score (nSPS) is 10.5. The zero-order valence-corrected chi connectivity index (χ0v) is 9.26. The molecule has 0 radical (unpaired) electrons. The number of hydrogen-bond acceptors (Lipinski definition) is 5. The summed E-state index contributed by atoms with van der Waals surface area (Å²) in [6, 6.07) is 2.00. The highest BCUT2D eigenvalue weighted by Crippen LogP contribution is 2.23. The predicted octanol–water partition coefficient (Wildman–Crippen LogP) is -1.47. The lowest BCUT2D eigenvalue weighted by Gasteiger charge is -2.06. The summed E-state index contributed by atoms with van der Waals surface area (Å²) in [6.45, 7) is 0. The Bertz CT molecular complexity index is 646. The number of aromatic amines is 1. The first-order valence-electron chi connectivity index (χ1n) is 4.98. The fourth-order valence-electron chi connectivity index (χ4n) is 1.54. The summed E-state index contributed by atoms with van der Waals surface area (Å²) in [5, 5.41) is 26.7. The number of halogens is 2. The summed E-state index contributed by atoms with van der Waals surface area (Å²) in [5.74, 6) is -3.80. The van der Waals surface area contributed by atoms with Crippen LogP contribution in [-0.4, -0.2) is 38.5 Å². The van der Waals surface area contributed by atoms with Crippen molar-refractivity contribution in [1.82, 2.24) is 15.4 Å². The number of hydrogen-bond donors (Lipinski definition) is 4. The Morgan fingerprint density at radius 1 is 1.26 bits per heavy atom. The quantitative estimate of drug-likeness (QED) is 0.505. The second-order valence-electron chi connectivity index (χ2n) is 3.59. The van der Waals surface area contributed by atoms with Crippen LogP contribution >= 0.6 is 0 Å². The van der Waals surface area contributed by atoms with Crippen LogP contribution in [0.2, 0.25) is 0 Å². The van der Waals surface area contributed by atoms with Crippen LogP contribution in [0.25, 0.3) is 11.3 Å². The number of carbonyl (C=O) groups excluding carboxylic acids is 1. The van der Waals surface area contributed by atoms with Crippen LogP contribution in [0.4, 0.5) is 8.78 Å². The minimum absolute atomic E-state index is 0.261. The van der Waals surface area contributed by atoms with Crippen molar-refractivity contribution in [3.8, 4) is 11.3 Å². The van der Waals surface area contributed by atoms with Gasteiger partial charge in [0.2, 0.25) is 0 Å². The van der Waals surface area contributed by atoms with Crippen LogP contribution in [-0.2, 0) is 0 Å². The van der Waals surface area contributed by atoms with Gasteiger partial charge >= 0.3 is 7.12 Å². The van der Waals surface area contributed by atoms with Crippen LogP contribution < -0.4 is 11.2 Å². The highest BCUT2D eigenvalue weighted by molar-refractivity contribution is 6.58. The van der Waals surface area contributed by atoms with Crippen molar-refractivity contribution in [3.05, 3.63) is 29.5 Å². The van der Waals surface area contributed by atoms with E-state index in [0.29, 0.717) is 0 Å². The summed E-state index contributed by atoms with van der Waals surface area (Å²) >= 11 is 0. The molecular weight excluding hydrogens is 261 g/mol. The van der Waals surface area contributed by atoms with Crippen LogP contribution in [0, 0.1) is 11.6 Å². The van der Waals surface area contributed by atoms with Crippen molar-refractivity contribution in [2.45, 2.75) is 0 Å². The summed E-state index contributed by atoms with van der Waals surface area (Å²) in [7, 11) is -2.16. The first-order chi connectivity index (χ1) is 8.93. The number of nitrogens with zero attached hydrogens (tertiary/aromatic N) is 2. The van der Waals surface area contributed by atoms with Crippen LogP contribution in [0.3, 0.4) is 0 Å². The number of H-pyrrole nitrogens is 1. The Morgan fingerprint density at radius 3 is 2.53 bits per heavy atom. The second kappa shape index (κ2) is 4.74. The topological polar surface area (TPSA) is 125 Å². The molecule has 0 spiro atoms. The van der Waals surface area contributed by atoms with E-state index in [2.05, 4.69) is 15.4 Å². The number of amides is 1. The minimum Gasteiger partial charge on any atom is -0.423 e. The molecule has 1 aromatic heterocycles. The van der Waals surface area contributed by atoms with E-state index in [9.17, 15) is 13.6 Å². The summed E-state index contributed by atoms with van der Waals surface area (Å²) in [4.78, 5) is 11.0. The van der Waals surface area contributed by atoms with Gasteiger partial charge in [-0.2, -0.15) is 15.4 Å². The van der Waals surface area contributed by atoms with Gasteiger partial charge in [0, 0.05) is 11.0 Å². The van der Waals surface area contributed by atoms with Gasteiger partial charge in [0.15, 0.2) is 17.3 Å². The molecular formula is C9H7BF2N4O3. The van der Waals surface area contributed by atoms with Gasteiger partial charge in [-0.1, -0.05) is 6.07 Å². The number of aromatic nitrogens is 3. The third kappa shape index (κ3) is 2.18. The molecule has 0 aliphatic carbocycles. The first kappa shape index (κ1) is 13.1. The molecule has 19 heavy (non-hydrogen) atoms. The molecule has 5 N–H and O–H groups in total. The number of benzene rings is 1. The molecule has 1 amide bonds. The molecule has 98 valence electrons. The van der Waals surface area contributed by atoms with Crippen molar-refractivity contribution >= 4 is 18.5 Å². The Labute approximate surface area is 105 Å². The van der Waals surface area contributed by atoms with Gasteiger partial charge in [-0.05, 0) is 6.07 Å². The van der Waals surface area contributed by atoms with E-state index in [4.69, 9.17) is 15.8 Å². The van der Waals surface area contributed by atoms with Gasteiger partial charge in [0.1, 0.15) is 5.69 Å². The molecule has 2 rings (SSSR count). The fraction of sp³-hybridized carbons (Fsp3) is 0. The molecule has 0 saturated carbocycles. The zero-order valence-electron chi connectivity index (χ0n) is 9.26. The predicted molar refractivity (Wildman–Crippen MR) is 60.1 cm³/mol. The van der Waals surface area contributed by atoms with Crippen molar-refractivity contribution in [1.29, 1.82) is 0 Å². The van der Waals surface area contributed by atoms with E-state index < -0.39 is 30.1 Å². The van der Waals surface area contributed by atoms with E-state index in [1.165, 1.54) is 0 Å². The fourth-order valence-corrected chi connectivity index (χ4v) is 1.54. The molecule has 0 atom stereocenters. The van der Waals surface area contributed by atoms with Crippen molar-refractivity contribution < 1.29 is 23.6 Å². The Hall–Kier alpha value is -2.33. The van der Waals surface area contributed by atoms with Crippen molar-refractivity contribution in [2.24, 2.45) is 5.73 Å². The van der Waals surface area contributed by atoms with Crippen molar-refractivity contribution in [3.63, 3.8) is 0 Å². The highest BCUT2D eigenvalue weighted by Gasteiger charge is 2.25. The number of nitrogens with two attached hydrogens (primary N) is 1. The standard InChI is InChI=1S/C9H7BF2N4O3/c11-5-3(1-2-4(6(5)12)10(18)19)7-8(9(13)17)15-16-14-7/h1-2,18-19H,(H2,13,17)(H,14,15,16). The third-order valence-corrected chi connectivity index (χ3v) is 2.43. The average molecular weight is 268 g/mol. The van der Waals surface area contributed by atoms with Gasteiger partial charge in [-0.25, -0.2) is 8.78 Å². The second-order valence-corrected chi connectivity index (χ2v) is 3.59. The van der Waals surface area contributed by atoms with Gasteiger partial charge in [0.25, 0.3) is 5.91 Å². The SMILES string of the molecule is NC(=O)c1n[nH]nc1-c1ccc(B(O)O)c(F)c1F. The molecule has 0 unspecified atom stereocenters. The maximum atomic E-state index is 13.8. The lowest BCUT2D eigenvalue weighted by atomic mass is 9.79. The summed E-state index contributed by atoms with van der Waals surface area (Å²) in [6.07, 6.45) is 0. The van der Waals surface area contributed by atoms with Crippen LogP contribution in [0.15, 0.2) is 12.1 Å². The number of primary amides is 1. The molecule has 7 nitrogen and oxygen atoms in total. The van der Waals surface area contributed by atoms with E-state index in [0.717, 1.165) is 12.1 Å². The molecule has 0 saturated heterocycles. The molecule has 0 bridgehead atoms. The van der Waals surface area contributed by atoms with E-state index in [1.54, 1.807) is 0 Å². The molecule has 1 heterocycles. The molecule has 2 aromatic rings. The first-order valence-corrected chi connectivity index (χ1v) is 4.98. The number of nitrogens with one attached hydrogen (secondary N) is 1. The zero-order chi connectivity index (χ0) is 14.2. The third-order valence-electron chi connectivity index (χ3n) is 2.43. The maximum Gasteiger partial charge on any atom is 0.491 e. The maximum absolute atomic E-state index is 13.8. The average Bonchev–Trinajstić information content (AvgIpc) is 2.81. The highest BCUT2D eigenvalue weighted by atomic mass is 19.2. The van der Waals surface area contributed by atoms with E-state index in [1.807, 2.05) is 0 Å². The van der Waals surface area contributed by atoms with Gasteiger partial charge in [0.05, 0.1) is 0 Å². The minimum atomic E-state index is -2.16. The lowest BCUT2D eigenvalue weighted by Crippen LogP contribution is -2.33. The molecule has 0 aliphatic rings. The summed E-state index contributed by atoms with van der Waals surface area (Å²) in [5.41, 5.74) is 3.39. The molecule has 0 fully saturated rings. The smallest absolute Gasteiger partial charge is 0.423 e. The Kier molecular flexibility index (Phi) is 3.27. The number of rotatable bonds is 3. The van der Waals surface area contributed by atoms with Gasteiger partial charge < -0.3 is 15.8 Å². The molecule has 10 heteroatoms. The molecule has 1 aromatic carbocycles. The summed E-state index contributed by atoms with van der Waals surface area (Å²) < 4.78 is 27.4. The monoisotopic (exact) mass is 268 g/mol. The lowest BCUT2D eigenvalue weighted by molar-refractivity contribution is 0.0996. The van der Waals surface area contributed by atoms with E-state index >= 15 is 0 Å².